The number of rotatable bonds is 1. The van der Waals surface area contributed by atoms with Crippen molar-refractivity contribution in [3.8, 4) is 0 Å². The number of nitrogens with zero attached hydrogens (tertiary/aromatic N) is 1. The van der Waals surface area contributed by atoms with E-state index in [9.17, 15) is 9.18 Å². The number of carbonyl (C=O) groups is 1. The second-order valence-electron chi connectivity index (χ2n) is 3.61. The molecule has 0 amide bonds. The zero-order chi connectivity index (χ0) is 12.0. The van der Waals surface area contributed by atoms with Crippen LogP contribution in [0.3, 0.4) is 0 Å². The SMILES string of the molecule is Cc1c(C(=O)O)c2cc(F)c(Br)cc2n1C. The summed E-state index contributed by atoms with van der Waals surface area (Å²) in [5.41, 5.74) is 1.46. The fraction of sp³-hybridized carbons (Fsp3) is 0.182. The number of aryl methyl sites for hydroxylation is 1. The van der Waals surface area contributed by atoms with Gasteiger partial charge in [-0.2, -0.15) is 0 Å². The van der Waals surface area contributed by atoms with Gasteiger partial charge in [0.05, 0.1) is 15.6 Å². The number of benzene rings is 1. The molecule has 5 heteroatoms. The molecule has 0 bridgehead atoms. The van der Waals surface area contributed by atoms with Crippen molar-refractivity contribution < 1.29 is 14.3 Å². The van der Waals surface area contributed by atoms with Gasteiger partial charge in [0.1, 0.15) is 5.82 Å². The van der Waals surface area contributed by atoms with Gasteiger partial charge in [0.15, 0.2) is 0 Å². The molecule has 1 heterocycles. The molecule has 0 atom stereocenters. The molecule has 0 radical (unpaired) electrons. The van der Waals surface area contributed by atoms with Crippen LogP contribution in [-0.2, 0) is 7.05 Å². The maximum Gasteiger partial charge on any atom is 0.338 e. The molecule has 1 N–H and O–H groups in total. The van der Waals surface area contributed by atoms with Crippen molar-refractivity contribution in [1.82, 2.24) is 4.57 Å². The smallest absolute Gasteiger partial charge is 0.338 e. The van der Waals surface area contributed by atoms with Crippen LogP contribution < -0.4 is 0 Å². The van der Waals surface area contributed by atoms with Crippen LogP contribution in [0, 0.1) is 12.7 Å². The fourth-order valence-electron chi connectivity index (χ4n) is 1.83. The predicted molar refractivity (Wildman–Crippen MR) is 62.3 cm³/mol. The summed E-state index contributed by atoms with van der Waals surface area (Å²) >= 11 is 3.09. The Bertz CT molecular complexity index is 604. The Morgan fingerprint density at radius 1 is 1.50 bits per heavy atom. The third kappa shape index (κ3) is 1.43. The molecule has 16 heavy (non-hydrogen) atoms. The molecule has 2 rings (SSSR count). The van der Waals surface area contributed by atoms with Crippen molar-refractivity contribution in [2.24, 2.45) is 7.05 Å². The van der Waals surface area contributed by atoms with Crippen molar-refractivity contribution in [3.05, 3.63) is 33.7 Å². The molecule has 0 fully saturated rings. The first-order valence-electron chi connectivity index (χ1n) is 4.60. The monoisotopic (exact) mass is 285 g/mol. The number of hydrogen-bond donors (Lipinski definition) is 1. The highest BCUT2D eigenvalue weighted by atomic mass is 79.9. The number of carboxylic acids is 1. The number of aromatic nitrogens is 1. The standard InChI is InChI=1S/C11H9BrFNO2/c1-5-10(11(15)16)6-3-8(13)7(12)4-9(6)14(5)2/h3-4H,1-2H3,(H,15,16). The molecule has 0 aliphatic heterocycles. The van der Waals surface area contributed by atoms with Crippen LogP contribution in [0.15, 0.2) is 16.6 Å². The van der Waals surface area contributed by atoms with Gasteiger partial charge in [0.2, 0.25) is 0 Å². The van der Waals surface area contributed by atoms with Crippen molar-refractivity contribution in [3.63, 3.8) is 0 Å². The van der Waals surface area contributed by atoms with Crippen LogP contribution >= 0.6 is 15.9 Å². The lowest BCUT2D eigenvalue weighted by Crippen LogP contribution is -1.99. The molecule has 3 nitrogen and oxygen atoms in total. The lowest BCUT2D eigenvalue weighted by atomic mass is 10.1. The van der Waals surface area contributed by atoms with Gasteiger partial charge in [-0.1, -0.05) is 0 Å². The minimum atomic E-state index is -1.04. The molecular formula is C11H9BrFNO2. The molecule has 0 saturated heterocycles. The zero-order valence-corrected chi connectivity index (χ0v) is 10.3. The van der Waals surface area contributed by atoms with Crippen LogP contribution in [0.1, 0.15) is 16.1 Å². The molecule has 1 aromatic carbocycles. The number of carboxylic acid groups (broad SMARTS) is 1. The molecule has 0 spiro atoms. The van der Waals surface area contributed by atoms with E-state index in [0.29, 0.717) is 21.1 Å². The van der Waals surface area contributed by atoms with E-state index in [0.717, 1.165) is 0 Å². The van der Waals surface area contributed by atoms with Crippen LogP contribution in [0.4, 0.5) is 4.39 Å². The Hall–Kier alpha value is -1.36. The van der Waals surface area contributed by atoms with Crippen molar-refractivity contribution in [1.29, 1.82) is 0 Å². The van der Waals surface area contributed by atoms with E-state index in [1.54, 1.807) is 24.6 Å². The van der Waals surface area contributed by atoms with E-state index >= 15 is 0 Å². The first kappa shape index (κ1) is 11.1. The maximum atomic E-state index is 13.4. The third-order valence-corrected chi connectivity index (χ3v) is 3.36. The van der Waals surface area contributed by atoms with E-state index in [1.807, 2.05) is 0 Å². The molecule has 0 aliphatic rings. The van der Waals surface area contributed by atoms with Gasteiger partial charge < -0.3 is 9.67 Å². The molecule has 84 valence electrons. The highest BCUT2D eigenvalue weighted by Crippen LogP contribution is 2.29. The van der Waals surface area contributed by atoms with Gasteiger partial charge in [-0.25, -0.2) is 9.18 Å². The van der Waals surface area contributed by atoms with Crippen molar-refractivity contribution in [2.45, 2.75) is 6.92 Å². The van der Waals surface area contributed by atoms with E-state index in [4.69, 9.17) is 5.11 Å². The normalized spacial score (nSPS) is 11.0. The zero-order valence-electron chi connectivity index (χ0n) is 8.71. The van der Waals surface area contributed by atoms with E-state index < -0.39 is 11.8 Å². The lowest BCUT2D eigenvalue weighted by Gasteiger charge is -1.99. The Labute approximate surface area is 99.6 Å². The number of halogens is 2. The van der Waals surface area contributed by atoms with Gasteiger partial charge in [-0.3, -0.25) is 0 Å². The first-order valence-corrected chi connectivity index (χ1v) is 5.40. The summed E-state index contributed by atoms with van der Waals surface area (Å²) in [7, 11) is 1.76. The van der Waals surface area contributed by atoms with Gasteiger partial charge in [-0.05, 0) is 35.0 Å². The average molecular weight is 286 g/mol. The number of hydrogen-bond acceptors (Lipinski definition) is 1. The van der Waals surface area contributed by atoms with Crippen LogP contribution in [0.2, 0.25) is 0 Å². The summed E-state index contributed by atoms with van der Waals surface area (Å²) < 4.78 is 15.5. The molecule has 2 aromatic rings. The molecular weight excluding hydrogens is 277 g/mol. The summed E-state index contributed by atoms with van der Waals surface area (Å²) in [5.74, 6) is -1.49. The lowest BCUT2D eigenvalue weighted by molar-refractivity contribution is 0.0698. The van der Waals surface area contributed by atoms with Crippen LogP contribution in [0.5, 0.6) is 0 Å². The van der Waals surface area contributed by atoms with E-state index in [-0.39, 0.29) is 5.56 Å². The van der Waals surface area contributed by atoms with E-state index in [2.05, 4.69) is 15.9 Å². The molecule has 0 aliphatic carbocycles. The van der Waals surface area contributed by atoms with Crippen LogP contribution in [0.25, 0.3) is 10.9 Å². The quantitative estimate of drug-likeness (QED) is 0.875. The second-order valence-corrected chi connectivity index (χ2v) is 4.46. The Morgan fingerprint density at radius 2 is 2.12 bits per heavy atom. The molecule has 1 aromatic heterocycles. The predicted octanol–water partition coefficient (Wildman–Crippen LogP) is 3.09. The van der Waals surface area contributed by atoms with Crippen LogP contribution in [-0.4, -0.2) is 15.6 Å². The van der Waals surface area contributed by atoms with Gasteiger partial charge in [0, 0.05) is 18.1 Å². The highest BCUT2D eigenvalue weighted by Gasteiger charge is 2.19. The molecule has 0 unspecified atom stereocenters. The Morgan fingerprint density at radius 3 is 2.69 bits per heavy atom. The average Bonchev–Trinajstić information content (AvgIpc) is 2.42. The summed E-state index contributed by atoms with van der Waals surface area (Å²) in [5, 5.41) is 9.51. The third-order valence-electron chi connectivity index (χ3n) is 2.75. The second kappa shape index (κ2) is 3.59. The summed E-state index contributed by atoms with van der Waals surface area (Å²) in [6.07, 6.45) is 0. The number of aromatic carboxylic acids is 1. The summed E-state index contributed by atoms with van der Waals surface area (Å²) in [4.78, 5) is 11.1. The Kier molecular flexibility index (Phi) is 2.50. The topological polar surface area (TPSA) is 42.2 Å². The summed E-state index contributed by atoms with van der Waals surface area (Å²) in [6.45, 7) is 1.70. The number of fused-ring (bicyclic) bond motifs is 1. The van der Waals surface area contributed by atoms with Gasteiger partial charge in [-0.15, -0.1) is 0 Å². The Balaban J connectivity index is 2.97. The van der Waals surface area contributed by atoms with Gasteiger partial charge >= 0.3 is 5.97 Å². The maximum absolute atomic E-state index is 13.4. The minimum Gasteiger partial charge on any atom is -0.478 e. The van der Waals surface area contributed by atoms with Crippen molar-refractivity contribution in [2.75, 3.05) is 0 Å². The first-order chi connectivity index (χ1) is 7.43. The van der Waals surface area contributed by atoms with Gasteiger partial charge in [0.25, 0.3) is 0 Å². The summed E-state index contributed by atoms with van der Waals surface area (Å²) in [6, 6.07) is 2.83. The van der Waals surface area contributed by atoms with Crippen molar-refractivity contribution >= 4 is 32.8 Å². The largest absolute Gasteiger partial charge is 0.478 e. The minimum absolute atomic E-state index is 0.156. The fourth-order valence-corrected chi connectivity index (χ4v) is 2.16. The van der Waals surface area contributed by atoms with E-state index in [1.165, 1.54) is 6.07 Å². The molecule has 0 saturated carbocycles. The highest BCUT2D eigenvalue weighted by molar-refractivity contribution is 9.10.